The molecule has 0 aromatic rings. The van der Waals surface area contributed by atoms with Crippen LogP contribution in [0.25, 0.3) is 0 Å². The molecule has 0 aliphatic heterocycles. The fraction of sp³-hybridized carbons (Fsp3) is 0.143. The molecule has 0 radical (unpaired) electrons. The number of rotatable bonds is 2. The normalized spacial score (nSPS) is 25.3. The molecule has 0 aromatic carbocycles. The van der Waals surface area contributed by atoms with E-state index in [-0.39, 0.29) is 17.1 Å². The Morgan fingerprint density at radius 2 is 2.21 bits per heavy atom. The smallest absolute Gasteiger partial charge is 0.545 e. The van der Waals surface area contributed by atoms with Gasteiger partial charge in [-0.25, -0.2) is 5.26 Å². The molecule has 0 spiro atoms. The van der Waals surface area contributed by atoms with Crippen molar-refractivity contribution < 1.29 is 42.2 Å². The van der Waals surface area contributed by atoms with Crippen molar-refractivity contribution >= 4 is 11.7 Å². The summed E-state index contributed by atoms with van der Waals surface area (Å²) in [7, 11) is 0. The number of carbonyl (C=O) groups is 1. The zero-order valence-corrected chi connectivity index (χ0v) is 7.81. The maximum Gasteiger partial charge on any atom is 2.00 e. The summed E-state index contributed by atoms with van der Waals surface area (Å²) < 4.78 is 0. The molecule has 1 atom stereocenters. The second-order valence-electron chi connectivity index (χ2n) is 2.39. The number of aliphatic hydroxyl groups is 1. The van der Waals surface area contributed by atoms with E-state index in [1.165, 1.54) is 0 Å². The third-order valence-electron chi connectivity index (χ3n) is 1.57. The van der Waals surface area contributed by atoms with Gasteiger partial charge in [-0.15, -0.1) is 0 Å². The number of aliphatic carboxylic acids is 1. The molecule has 1 rings (SSSR count). The molecule has 0 fully saturated rings. The first kappa shape index (κ1) is 13.0. The molecule has 6 nitrogen and oxygen atoms in total. The van der Waals surface area contributed by atoms with E-state index in [2.05, 4.69) is 4.89 Å². The van der Waals surface area contributed by atoms with Gasteiger partial charge in [0.15, 0.2) is 0 Å². The molecule has 1 aliphatic carbocycles. The molecule has 7 heteroatoms. The van der Waals surface area contributed by atoms with Gasteiger partial charge in [0.05, 0.1) is 5.97 Å². The maximum absolute atomic E-state index is 10.4. The molecule has 14 heavy (non-hydrogen) atoms. The average molecular weight is 240 g/mol. The summed E-state index contributed by atoms with van der Waals surface area (Å²) in [6.45, 7) is 0. The van der Waals surface area contributed by atoms with Gasteiger partial charge in [-0.1, -0.05) is 12.2 Å². The summed E-state index contributed by atoms with van der Waals surface area (Å²) >= 11 is 0. The molecule has 0 amide bonds. The molecule has 0 aromatic heterocycles. The van der Waals surface area contributed by atoms with Crippen molar-refractivity contribution in [2.75, 3.05) is 0 Å². The molecule has 0 bridgehead atoms. The van der Waals surface area contributed by atoms with Crippen LogP contribution in [0.1, 0.15) is 0 Å². The predicted octanol–water partition coefficient (Wildman–Crippen LogP) is -1.57. The van der Waals surface area contributed by atoms with E-state index in [1.54, 1.807) is 0 Å². The van der Waals surface area contributed by atoms with Gasteiger partial charge >= 0.3 is 17.1 Å². The summed E-state index contributed by atoms with van der Waals surface area (Å²) in [4.78, 5) is 13.9. The van der Waals surface area contributed by atoms with Crippen LogP contribution in [-0.4, -0.2) is 27.8 Å². The van der Waals surface area contributed by atoms with Gasteiger partial charge in [0.25, 0.3) is 5.79 Å². The second kappa shape index (κ2) is 4.49. The minimum atomic E-state index is -2.40. The first-order valence-electron chi connectivity index (χ1n) is 3.26. The van der Waals surface area contributed by atoms with Gasteiger partial charge in [0.1, 0.15) is 5.71 Å². The Hall–Kier alpha value is -0.981. The molecule has 0 saturated carbocycles. The molecule has 3 N–H and O–H groups in total. The first-order valence-corrected chi connectivity index (χ1v) is 3.26. The monoisotopic (exact) mass is 240 g/mol. The van der Waals surface area contributed by atoms with Crippen molar-refractivity contribution in [1.29, 1.82) is 5.41 Å². The zero-order chi connectivity index (χ0) is 10.1. The summed E-state index contributed by atoms with van der Waals surface area (Å²) in [6, 6.07) is 0. The van der Waals surface area contributed by atoms with Crippen molar-refractivity contribution in [3.63, 3.8) is 0 Å². The van der Waals surface area contributed by atoms with E-state index in [1.807, 2.05) is 0 Å². The van der Waals surface area contributed by atoms with Crippen LogP contribution in [0, 0.1) is 5.41 Å². The number of nitrogens with one attached hydrogen (secondary N) is 1. The minimum absolute atomic E-state index is 0. The van der Waals surface area contributed by atoms with Crippen LogP contribution in [0.2, 0.25) is 0 Å². The number of hydrogen-bond donors (Lipinski definition) is 3. The fourth-order valence-corrected chi connectivity index (χ4v) is 0.881. The molecule has 0 unspecified atom stereocenters. The second-order valence-corrected chi connectivity index (χ2v) is 2.39. The number of carboxylic acid groups (broad SMARTS) is 1. The Kier molecular flexibility index (Phi) is 4.18. The van der Waals surface area contributed by atoms with Gasteiger partial charge in [-0.05, 0) is 6.08 Å². The van der Waals surface area contributed by atoms with Gasteiger partial charge < -0.3 is 15.0 Å². The third-order valence-corrected chi connectivity index (χ3v) is 1.57. The zero-order valence-electron chi connectivity index (χ0n) is 6.70. The van der Waals surface area contributed by atoms with Crippen LogP contribution in [0.3, 0.4) is 0 Å². The summed E-state index contributed by atoms with van der Waals surface area (Å²) in [5.41, 5.74) is -1.32. The van der Waals surface area contributed by atoms with Crippen LogP contribution in [-0.2, 0) is 26.8 Å². The average Bonchev–Trinajstić information content (AvgIpc) is 2.09. The van der Waals surface area contributed by atoms with E-state index >= 15 is 0 Å². The van der Waals surface area contributed by atoms with Crippen LogP contribution >= 0.6 is 0 Å². The van der Waals surface area contributed by atoms with Gasteiger partial charge in [-0.2, -0.15) is 4.89 Å². The van der Waals surface area contributed by atoms with E-state index in [9.17, 15) is 15.0 Å². The Balaban J connectivity index is 0.00000169. The minimum Gasteiger partial charge on any atom is -0.545 e. The van der Waals surface area contributed by atoms with Crippen molar-refractivity contribution in [3.05, 3.63) is 23.8 Å². The Morgan fingerprint density at radius 3 is 2.64 bits per heavy atom. The van der Waals surface area contributed by atoms with E-state index in [0.717, 1.165) is 18.2 Å². The van der Waals surface area contributed by atoms with Crippen LogP contribution in [0.4, 0.5) is 0 Å². The third kappa shape index (κ3) is 2.09. The molecular weight excluding hydrogens is 234 g/mol. The number of hydrogen-bond acceptors (Lipinski definition) is 6. The molecule has 1 aliphatic rings. The van der Waals surface area contributed by atoms with E-state index in [0.29, 0.717) is 0 Å². The maximum atomic E-state index is 10.4. The predicted molar refractivity (Wildman–Crippen MR) is 38.6 cm³/mol. The summed E-state index contributed by atoms with van der Waals surface area (Å²) in [5, 5.41) is 35.0. The SMILES string of the molecule is N=C1C(C(=O)[O-])=CC=C[C@]1(O)OO.[Fe+2]. The number of allylic oxidation sites excluding steroid dienone is 2. The van der Waals surface area contributed by atoms with E-state index < -0.39 is 23.0 Å². The van der Waals surface area contributed by atoms with Gasteiger partial charge in [0, 0.05) is 5.57 Å². The number of carboxylic acids is 1. The van der Waals surface area contributed by atoms with Gasteiger partial charge in [-0.3, -0.25) is 5.41 Å². The first-order chi connectivity index (χ1) is 6.01. The molecule has 0 heterocycles. The van der Waals surface area contributed by atoms with Crippen molar-refractivity contribution in [3.8, 4) is 0 Å². The van der Waals surface area contributed by atoms with Crippen molar-refractivity contribution in [2.45, 2.75) is 5.79 Å². The van der Waals surface area contributed by atoms with Crippen LogP contribution in [0.15, 0.2) is 23.8 Å². The van der Waals surface area contributed by atoms with Crippen molar-refractivity contribution in [1.82, 2.24) is 0 Å². The standard InChI is InChI=1S/C7H7NO5.Fe/c8-5-4(6(9)10)2-1-3-7(5,11)13-12;/h1-3,8,11-12H,(H,9,10);/q;+2/p-1/t7-;/m0./s1. The largest absolute Gasteiger partial charge is 2.00 e. The summed E-state index contributed by atoms with van der Waals surface area (Å²) in [5.74, 6) is -4.02. The molecule has 0 saturated heterocycles. The fourth-order valence-electron chi connectivity index (χ4n) is 0.881. The number of carbonyl (C=O) groups excluding carboxylic acids is 1. The van der Waals surface area contributed by atoms with E-state index in [4.69, 9.17) is 10.7 Å². The Morgan fingerprint density at radius 1 is 1.64 bits per heavy atom. The van der Waals surface area contributed by atoms with Gasteiger partial charge in [0.2, 0.25) is 0 Å². The molecule has 76 valence electrons. The Labute approximate surface area is 89.4 Å². The topological polar surface area (TPSA) is 114 Å². The summed E-state index contributed by atoms with van der Waals surface area (Å²) in [6.07, 6.45) is 3.13. The quantitative estimate of drug-likeness (QED) is 0.233. The van der Waals surface area contributed by atoms with Crippen LogP contribution < -0.4 is 5.11 Å². The Bertz CT molecular complexity index is 324. The molecular formula is C7H6FeNO5+. The van der Waals surface area contributed by atoms with Crippen LogP contribution in [0.5, 0.6) is 0 Å². The van der Waals surface area contributed by atoms with Crippen molar-refractivity contribution in [2.24, 2.45) is 0 Å².